The van der Waals surface area contributed by atoms with Crippen molar-refractivity contribution >= 4 is 35.3 Å². The van der Waals surface area contributed by atoms with Gasteiger partial charge in [0.15, 0.2) is 0 Å². The summed E-state index contributed by atoms with van der Waals surface area (Å²) in [7, 11) is 0. The monoisotopic (exact) mass is 558 g/mol. The van der Waals surface area contributed by atoms with Crippen LogP contribution in [-0.4, -0.2) is 76.2 Å². The predicted molar refractivity (Wildman–Crippen MR) is 144 cm³/mol. The molecule has 1 saturated heterocycles. The summed E-state index contributed by atoms with van der Waals surface area (Å²) < 4.78 is 16.9. The van der Waals surface area contributed by atoms with Gasteiger partial charge in [0.25, 0.3) is 11.6 Å². The van der Waals surface area contributed by atoms with Crippen LogP contribution in [0, 0.1) is 10.1 Å². The van der Waals surface area contributed by atoms with Crippen molar-refractivity contribution in [2.45, 2.75) is 59.2 Å². The van der Waals surface area contributed by atoms with Gasteiger partial charge in [0, 0.05) is 30.4 Å². The lowest BCUT2D eigenvalue weighted by Gasteiger charge is -2.33. The summed E-state index contributed by atoms with van der Waals surface area (Å²) in [5, 5.41) is 19.0. The lowest BCUT2D eigenvalue weighted by molar-refractivity contribution is -0.385. The molecule has 0 bridgehead atoms. The smallest absolute Gasteiger partial charge is 0.436 e. The maximum atomic E-state index is 13.5. The van der Waals surface area contributed by atoms with E-state index in [1.165, 1.54) is 17.0 Å². The van der Waals surface area contributed by atoms with Crippen molar-refractivity contribution in [3.63, 3.8) is 0 Å². The minimum absolute atomic E-state index is 0.0235. The number of anilines is 2. The number of rotatable bonds is 5. The zero-order valence-electron chi connectivity index (χ0n) is 23.5. The lowest BCUT2D eigenvalue weighted by Crippen LogP contribution is -2.44. The molecule has 0 radical (unpaired) electrons. The average molecular weight is 559 g/mol. The van der Waals surface area contributed by atoms with Gasteiger partial charge in [-0.15, -0.1) is 4.68 Å². The fraction of sp³-hybridized carbons (Fsp3) is 0.538. The summed E-state index contributed by atoms with van der Waals surface area (Å²) in [5.74, 6) is -0.855. The molecule has 2 aliphatic heterocycles. The van der Waals surface area contributed by atoms with Gasteiger partial charge < -0.3 is 24.4 Å². The van der Waals surface area contributed by atoms with Crippen molar-refractivity contribution < 1.29 is 33.5 Å². The van der Waals surface area contributed by atoms with Gasteiger partial charge in [0.2, 0.25) is 0 Å². The third-order valence-corrected chi connectivity index (χ3v) is 6.64. The molecule has 0 saturated carbocycles. The number of nitrogens with zero attached hydrogens (tertiary/aromatic N) is 5. The Morgan fingerprint density at radius 1 is 1.18 bits per heavy atom. The molecule has 1 aromatic carbocycles. The van der Waals surface area contributed by atoms with Gasteiger partial charge in [0.05, 0.1) is 42.5 Å². The molecule has 0 spiro atoms. The van der Waals surface area contributed by atoms with E-state index in [9.17, 15) is 24.5 Å². The minimum atomic E-state index is -0.999. The molecule has 2 amide bonds. The molecule has 3 heterocycles. The van der Waals surface area contributed by atoms with Gasteiger partial charge in [-0.25, -0.2) is 9.59 Å². The molecule has 1 N–H and O–H groups in total. The molecular weight excluding hydrogens is 524 g/mol. The van der Waals surface area contributed by atoms with E-state index < -0.39 is 39.8 Å². The minimum Gasteiger partial charge on any atom is -0.448 e. The Balaban J connectivity index is 1.71. The SMILES string of the molecule is CCOC(=O)n1nc2c(c1NC(=O)c1ccc(N3CCOCC3)cc1[N+](=O)[O-])CN(C(=O)OC(C)(C)C)C2(C)C. The number of carbonyl (C=O) groups is 3. The van der Waals surface area contributed by atoms with E-state index in [-0.39, 0.29) is 24.5 Å². The summed E-state index contributed by atoms with van der Waals surface area (Å²) in [5.41, 5.74) is -0.991. The molecule has 2 aromatic rings. The van der Waals surface area contributed by atoms with Crippen LogP contribution in [0.1, 0.15) is 63.2 Å². The number of morpholine rings is 1. The number of aromatic nitrogens is 2. The maximum absolute atomic E-state index is 13.5. The molecule has 4 rings (SSSR count). The molecule has 0 unspecified atom stereocenters. The Bertz CT molecular complexity index is 1340. The Hall–Kier alpha value is -4.20. The highest BCUT2D eigenvalue weighted by molar-refractivity contribution is 6.08. The first-order valence-electron chi connectivity index (χ1n) is 13.0. The van der Waals surface area contributed by atoms with Crippen molar-refractivity contribution in [2.75, 3.05) is 43.1 Å². The second-order valence-corrected chi connectivity index (χ2v) is 10.9. The van der Waals surface area contributed by atoms with Crippen molar-refractivity contribution in [2.24, 2.45) is 0 Å². The first-order valence-corrected chi connectivity index (χ1v) is 13.0. The summed E-state index contributed by atoms with van der Waals surface area (Å²) in [6.07, 6.45) is -1.44. The van der Waals surface area contributed by atoms with Crippen LogP contribution in [0.25, 0.3) is 0 Å². The molecule has 14 heteroatoms. The van der Waals surface area contributed by atoms with E-state index in [2.05, 4.69) is 10.4 Å². The zero-order valence-corrected chi connectivity index (χ0v) is 23.5. The largest absolute Gasteiger partial charge is 0.448 e. The van der Waals surface area contributed by atoms with Crippen LogP contribution in [0.3, 0.4) is 0 Å². The highest BCUT2D eigenvalue weighted by Gasteiger charge is 2.47. The molecule has 1 fully saturated rings. The van der Waals surface area contributed by atoms with Gasteiger partial charge >= 0.3 is 12.2 Å². The van der Waals surface area contributed by atoms with Crippen LogP contribution < -0.4 is 10.2 Å². The van der Waals surface area contributed by atoms with E-state index in [4.69, 9.17) is 14.2 Å². The fourth-order valence-corrected chi connectivity index (χ4v) is 4.69. The third kappa shape index (κ3) is 5.57. The van der Waals surface area contributed by atoms with Crippen molar-refractivity contribution in [3.05, 3.63) is 45.1 Å². The average Bonchev–Trinajstić information content (AvgIpc) is 3.37. The first kappa shape index (κ1) is 28.8. The van der Waals surface area contributed by atoms with Crippen molar-refractivity contribution in [1.29, 1.82) is 0 Å². The Labute approximate surface area is 231 Å². The second-order valence-electron chi connectivity index (χ2n) is 10.9. The van der Waals surface area contributed by atoms with Gasteiger partial charge in [-0.3, -0.25) is 19.8 Å². The molecule has 14 nitrogen and oxygen atoms in total. The first-order chi connectivity index (χ1) is 18.7. The van der Waals surface area contributed by atoms with Crippen LogP contribution >= 0.6 is 0 Å². The summed E-state index contributed by atoms with van der Waals surface area (Å²) in [6.45, 7) is 12.5. The second kappa shape index (κ2) is 10.8. The van der Waals surface area contributed by atoms with E-state index in [1.54, 1.807) is 47.6 Å². The fourth-order valence-electron chi connectivity index (χ4n) is 4.69. The van der Waals surface area contributed by atoms with Gasteiger partial charge in [-0.05, 0) is 53.7 Å². The van der Waals surface area contributed by atoms with Crippen molar-refractivity contribution in [3.8, 4) is 0 Å². The third-order valence-electron chi connectivity index (χ3n) is 6.64. The number of nitro groups is 1. The van der Waals surface area contributed by atoms with Gasteiger partial charge in [-0.1, -0.05) is 0 Å². The number of hydrogen-bond acceptors (Lipinski definition) is 10. The molecule has 216 valence electrons. The van der Waals surface area contributed by atoms with E-state index >= 15 is 0 Å². The number of nitrogens with one attached hydrogen (secondary N) is 1. The van der Waals surface area contributed by atoms with Crippen LogP contribution in [0.5, 0.6) is 0 Å². The topological polar surface area (TPSA) is 158 Å². The van der Waals surface area contributed by atoms with Crippen LogP contribution in [0.4, 0.5) is 26.8 Å². The number of hydrogen-bond donors (Lipinski definition) is 1. The molecule has 1 aromatic heterocycles. The molecule has 40 heavy (non-hydrogen) atoms. The highest BCUT2D eigenvalue weighted by atomic mass is 16.6. The molecule has 0 atom stereocenters. The standard InChI is InChI=1S/C26H34N6O8/c1-7-39-24(35)31-21(18-15-30(23(34)40-25(2,3)4)26(5,6)20(18)28-31)27-22(33)17-9-8-16(14-19(17)32(36)37)29-10-12-38-13-11-29/h8-9,14H,7,10-13,15H2,1-6H3,(H,27,33). The number of carbonyl (C=O) groups excluding carboxylic acids is 3. The number of nitro benzene ring substituents is 1. The number of amides is 2. The Kier molecular flexibility index (Phi) is 7.74. The Morgan fingerprint density at radius 2 is 1.85 bits per heavy atom. The lowest BCUT2D eigenvalue weighted by atomic mass is 10.0. The number of benzene rings is 1. The number of fused-ring (bicyclic) bond motifs is 1. The number of ether oxygens (including phenoxy) is 3. The van der Waals surface area contributed by atoms with Gasteiger partial charge in [0.1, 0.15) is 17.0 Å². The highest BCUT2D eigenvalue weighted by Crippen LogP contribution is 2.42. The van der Waals surface area contributed by atoms with E-state index in [0.29, 0.717) is 43.2 Å². The van der Waals surface area contributed by atoms with Crippen LogP contribution in [0.2, 0.25) is 0 Å². The summed E-state index contributed by atoms with van der Waals surface area (Å²) >= 11 is 0. The molecule has 2 aliphatic rings. The molecule has 0 aliphatic carbocycles. The summed E-state index contributed by atoms with van der Waals surface area (Å²) in [6, 6.07) is 4.36. The quantitative estimate of drug-likeness (QED) is 0.422. The normalized spacial score (nSPS) is 16.4. The Morgan fingerprint density at radius 3 is 2.45 bits per heavy atom. The van der Waals surface area contributed by atoms with E-state index in [1.807, 2.05) is 4.90 Å². The molecular formula is C26H34N6O8. The zero-order chi connectivity index (χ0) is 29.4. The van der Waals surface area contributed by atoms with E-state index in [0.717, 1.165) is 4.68 Å². The van der Waals surface area contributed by atoms with Gasteiger partial charge in [-0.2, -0.15) is 5.10 Å². The van der Waals surface area contributed by atoms with Crippen molar-refractivity contribution in [1.82, 2.24) is 14.7 Å². The maximum Gasteiger partial charge on any atom is 0.436 e. The predicted octanol–water partition coefficient (Wildman–Crippen LogP) is 3.87. The van der Waals surface area contributed by atoms with Crippen LogP contribution in [-0.2, 0) is 26.3 Å². The van der Waals surface area contributed by atoms with Crippen LogP contribution in [0.15, 0.2) is 18.2 Å². The summed E-state index contributed by atoms with van der Waals surface area (Å²) in [4.78, 5) is 54.0.